The van der Waals surface area contributed by atoms with Crippen molar-refractivity contribution >= 4 is 17.5 Å². The number of hydrogen-bond donors (Lipinski definition) is 2. The maximum atomic E-state index is 13.6. The van der Waals surface area contributed by atoms with Crippen molar-refractivity contribution in [3.05, 3.63) is 107 Å². The Morgan fingerprint density at radius 1 is 1.00 bits per heavy atom. The minimum atomic E-state index is -0.510. The fourth-order valence-corrected chi connectivity index (χ4v) is 4.54. The Kier molecular flexibility index (Phi) is 7.13. The average Bonchev–Trinajstić information content (AvgIpc) is 3.37. The first-order chi connectivity index (χ1) is 18.4. The Morgan fingerprint density at radius 2 is 1.79 bits per heavy atom. The molecule has 0 aliphatic carbocycles. The Hall–Kier alpha value is -4.59. The highest BCUT2D eigenvalue weighted by molar-refractivity contribution is 6.06. The van der Waals surface area contributed by atoms with Gasteiger partial charge in [-0.15, -0.1) is 0 Å². The molecule has 8 heteroatoms. The number of anilines is 2. The van der Waals surface area contributed by atoms with E-state index in [0.717, 1.165) is 22.4 Å². The van der Waals surface area contributed by atoms with Gasteiger partial charge >= 0.3 is 0 Å². The summed E-state index contributed by atoms with van der Waals surface area (Å²) in [6, 6.07) is 21.1. The summed E-state index contributed by atoms with van der Waals surface area (Å²) in [5.41, 5.74) is 6.20. The van der Waals surface area contributed by atoms with E-state index in [1.165, 1.54) is 11.9 Å². The van der Waals surface area contributed by atoms with Crippen molar-refractivity contribution < 1.29 is 14.3 Å². The lowest BCUT2D eigenvalue weighted by atomic mass is 9.94. The number of aromatic nitrogens is 3. The monoisotopic (exact) mass is 509 g/mol. The summed E-state index contributed by atoms with van der Waals surface area (Å²) in [6.07, 6.45) is 1.48. The summed E-state index contributed by atoms with van der Waals surface area (Å²) in [5.74, 6) is 1.59. The number of aryl methyl sites for hydroxylation is 2. The molecule has 38 heavy (non-hydrogen) atoms. The van der Waals surface area contributed by atoms with Crippen LogP contribution in [0, 0.1) is 13.8 Å². The molecule has 1 atom stereocenters. The van der Waals surface area contributed by atoms with E-state index >= 15 is 0 Å². The van der Waals surface area contributed by atoms with Gasteiger partial charge in [-0.2, -0.15) is 10.1 Å². The zero-order valence-corrected chi connectivity index (χ0v) is 22.0. The van der Waals surface area contributed by atoms with E-state index in [9.17, 15) is 4.79 Å². The van der Waals surface area contributed by atoms with Gasteiger partial charge in [-0.3, -0.25) is 4.79 Å². The van der Waals surface area contributed by atoms with E-state index in [2.05, 4.69) is 39.8 Å². The van der Waals surface area contributed by atoms with Crippen molar-refractivity contribution in [3.63, 3.8) is 0 Å². The summed E-state index contributed by atoms with van der Waals surface area (Å²) in [5, 5.41) is 10.7. The van der Waals surface area contributed by atoms with E-state index < -0.39 is 6.04 Å². The first-order valence-corrected chi connectivity index (χ1v) is 12.6. The van der Waals surface area contributed by atoms with Gasteiger partial charge in [-0.25, -0.2) is 4.68 Å². The lowest BCUT2D eigenvalue weighted by molar-refractivity contribution is -0.113. The van der Waals surface area contributed by atoms with E-state index in [1.807, 2.05) is 75.4 Å². The van der Waals surface area contributed by atoms with Gasteiger partial charge in [0.25, 0.3) is 5.91 Å². The van der Waals surface area contributed by atoms with Crippen LogP contribution in [0.2, 0.25) is 0 Å². The third-order valence-corrected chi connectivity index (χ3v) is 6.58. The molecule has 2 N–H and O–H groups in total. The Morgan fingerprint density at radius 3 is 2.55 bits per heavy atom. The largest absolute Gasteiger partial charge is 0.490 e. The Bertz CT molecular complexity index is 1490. The van der Waals surface area contributed by atoms with Crippen LogP contribution in [0.15, 0.2) is 84.3 Å². The summed E-state index contributed by atoms with van der Waals surface area (Å²) < 4.78 is 13.9. The number of fused-ring (bicyclic) bond motifs is 1. The van der Waals surface area contributed by atoms with E-state index in [4.69, 9.17) is 9.47 Å². The van der Waals surface area contributed by atoms with Gasteiger partial charge < -0.3 is 20.1 Å². The summed E-state index contributed by atoms with van der Waals surface area (Å²) in [6.45, 7) is 8.78. The van der Waals surface area contributed by atoms with E-state index in [-0.39, 0.29) is 5.91 Å². The number of benzene rings is 3. The number of carbonyl (C=O) groups excluding carboxylic acids is 1. The Labute approximate surface area is 222 Å². The van der Waals surface area contributed by atoms with Crippen molar-refractivity contribution in [1.82, 2.24) is 14.8 Å². The maximum absolute atomic E-state index is 13.6. The first kappa shape index (κ1) is 25.1. The quantitative estimate of drug-likeness (QED) is 0.312. The predicted octanol–water partition coefficient (Wildman–Crippen LogP) is 5.80. The van der Waals surface area contributed by atoms with Crippen LogP contribution in [-0.4, -0.2) is 27.3 Å². The lowest BCUT2D eigenvalue weighted by Gasteiger charge is -2.29. The van der Waals surface area contributed by atoms with Crippen LogP contribution in [0.3, 0.4) is 0 Å². The number of hydrogen-bond acceptors (Lipinski definition) is 6. The number of amides is 1. The van der Waals surface area contributed by atoms with Crippen LogP contribution in [0.4, 0.5) is 11.6 Å². The molecule has 1 aliphatic rings. The van der Waals surface area contributed by atoms with Gasteiger partial charge in [0.15, 0.2) is 11.5 Å². The van der Waals surface area contributed by atoms with Crippen molar-refractivity contribution in [2.24, 2.45) is 0 Å². The van der Waals surface area contributed by atoms with Gasteiger partial charge in [-0.1, -0.05) is 48.0 Å². The molecule has 0 saturated heterocycles. The van der Waals surface area contributed by atoms with Crippen LogP contribution in [0.25, 0.3) is 0 Å². The topological polar surface area (TPSA) is 90.3 Å². The average molecular weight is 510 g/mol. The fourth-order valence-electron chi connectivity index (χ4n) is 4.54. The minimum Gasteiger partial charge on any atom is -0.490 e. The second kappa shape index (κ2) is 10.8. The van der Waals surface area contributed by atoms with Crippen molar-refractivity contribution in [3.8, 4) is 11.5 Å². The second-order valence-electron chi connectivity index (χ2n) is 9.27. The van der Waals surface area contributed by atoms with Crippen molar-refractivity contribution in [2.75, 3.05) is 17.2 Å². The van der Waals surface area contributed by atoms with Gasteiger partial charge in [0.2, 0.25) is 5.95 Å². The van der Waals surface area contributed by atoms with Crippen LogP contribution >= 0.6 is 0 Å². The molecule has 194 valence electrons. The molecule has 0 bridgehead atoms. The van der Waals surface area contributed by atoms with E-state index in [1.54, 1.807) is 4.68 Å². The highest BCUT2D eigenvalue weighted by Gasteiger charge is 2.34. The molecule has 4 aromatic rings. The lowest BCUT2D eigenvalue weighted by Crippen LogP contribution is -2.31. The third-order valence-electron chi connectivity index (χ3n) is 6.58. The molecule has 1 aromatic heterocycles. The van der Waals surface area contributed by atoms with Crippen LogP contribution < -0.4 is 20.1 Å². The van der Waals surface area contributed by atoms with Crippen molar-refractivity contribution in [2.45, 2.75) is 40.3 Å². The van der Waals surface area contributed by atoms with Gasteiger partial charge in [0.1, 0.15) is 19.0 Å². The normalized spacial score (nSPS) is 14.5. The van der Waals surface area contributed by atoms with Gasteiger partial charge in [0.05, 0.1) is 12.2 Å². The molecule has 5 rings (SSSR count). The molecule has 1 amide bonds. The molecule has 8 nitrogen and oxygen atoms in total. The first-order valence-electron chi connectivity index (χ1n) is 12.6. The fraction of sp³-hybridized carbons (Fsp3) is 0.233. The van der Waals surface area contributed by atoms with Crippen LogP contribution in [0.1, 0.15) is 42.1 Å². The second-order valence-corrected chi connectivity index (χ2v) is 9.27. The minimum absolute atomic E-state index is 0.220. The number of carbonyl (C=O) groups is 1. The number of allylic oxidation sites excluding steroid dienone is 1. The summed E-state index contributed by atoms with van der Waals surface area (Å²) in [7, 11) is 0. The van der Waals surface area contributed by atoms with Crippen LogP contribution in [-0.2, 0) is 11.4 Å². The molecular weight excluding hydrogens is 478 g/mol. The number of nitrogens with zero attached hydrogens (tertiary/aromatic N) is 3. The van der Waals surface area contributed by atoms with Crippen LogP contribution in [0.5, 0.6) is 11.5 Å². The number of rotatable bonds is 8. The molecule has 3 aromatic carbocycles. The molecule has 1 unspecified atom stereocenters. The van der Waals surface area contributed by atoms with Gasteiger partial charge in [-0.05, 0) is 68.7 Å². The Balaban J connectivity index is 1.49. The highest BCUT2D eigenvalue weighted by Crippen LogP contribution is 2.39. The maximum Gasteiger partial charge on any atom is 0.255 e. The summed E-state index contributed by atoms with van der Waals surface area (Å²) >= 11 is 0. The molecule has 0 radical (unpaired) electrons. The molecular formula is C30H31N5O3. The zero-order valence-electron chi connectivity index (χ0n) is 22.0. The zero-order chi connectivity index (χ0) is 26.6. The molecule has 2 heterocycles. The molecule has 0 spiro atoms. The van der Waals surface area contributed by atoms with E-state index in [0.29, 0.717) is 41.9 Å². The molecule has 0 fully saturated rings. The number of ether oxygens (including phenoxy) is 2. The smallest absolute Gasteiger partial charge is 0.255 e. The third kappa shape index (κ3) is 5.11. The molecule has 0 saturated carbocycles. The standard InChI is InChI=1S/C30H31N5O3/c1-5-37-26-16-22(12-15-25(26)38-17-23-9-7-6-8-20(23)3)28-27(21(4)33-30-31-18-32-35(28)30)29(36)34-24-13-10-19(2)11-14-24/h6-16,18,28H,5,17H2,1-4H3,(H,34,36)(H,31,32,33). The summed E-state index contributed by atoms with van der Waals surface area (Å²) in [4.78, 5) is 18.0. The molecule has 1 aliphatic heterocycles. The SMILES string of the molecule is CCOc1cc(C2C(C(=O)Nc3ccc(C)cc3)=C(C)Nc3ncnn32)ccc1OCc1ccccc1C. The van der Waals surface area contributed by atoms with Gasteiger partial charge in [0, 0.05) is 11.4 Å². The number of nitrogens with one attached hydrogen (secondary N) is 2. The predicted molar refractivity (Wildman–Crippen MR) is 147 cm³/mol. The highest BCUT2D eigenvalue weighted by atomic mass is 16.5. The van der Waals surface area contributed by atoms with Crippen molar-refractivity contribution in [1.29, 1.82) is 0 Å².